The van der Waals surface area contributed by atoms with Crippen LogP contribution < -0.4 is 14.4 Å². The number of anilines is 1. The second kappa shape index (κ2) is 9.41. The lowest BCUT2D eigenvalue weighted by Gasteiger charge is -2.30. The van der Waals surface area contributed by atoms with E-state index in [1.165, 1.54) is 0 Å². The molecule has 158 valence electrons. The molecule has 0 spiro atoms. The van der Waals surface area contributed by atoms with Crippen LogP contribution in [0.4, 0.5) is 5.69 Å². The quantitative estimate of drug-likeness (QED) is 0.506. The fourth-order valence-corrected chi connectivity index (χ4v) is 3.89. The maximum atomic E-state index is 13.5. The number of ether oxygens (including phenoxy) is 2. The SMILES string of the molecule is COc1ccc(OC)c([C@@H](C)N(C(=O)Cc2c(Cl)cccc2Cl)c2cnn(C)c2)c1. The number of carbonyl (C=O) groups is 1. The Morgan fingerprint density at radius 3 is 2.43 bits per heavy atom. The third-order valence-corrected chi connectivity index (χ3v) is 5.61. The van der Waals surface area contributed by atoms with E-state index in [9.17, 15) is 4.79 Å². The van der Waals surface area contributed by atoms with Gasteiger partial charge in [0.2, 0.25) is 5.91 Å². The van der Waals surface area contributed by atoms with Gasteiger partial charge in [-0.15, -0.1) is 0 Å². The van der Waals surface area contributed by atoms with Gasteiger partial charge in [0.25, 0.3) is 0 Å². The third kappa shape index (κ3) is 4.55. The fraction of sp³-hybridized carbons (Fsp3) is 0.273. The predicted octanol–water partition coefficient (Wildman–Crippen LogP) is 5.08. The highest BCUT2D eigenvalue weighted by Crippen LogP contribution is 2.36. The standard InChI is InChI=1S/C22H23Cl2N3O3/c1-14(17-10-16(29-3)8-9-21(17)30-4)27(15-12-25-26(2)13-15)22(28)11-18-19(23)6-5-7-20(18)24/h5-10,12-14H,11H2,1-4H3/t14-/m1/s1. The highest BCUT2D eigenvalue weighted by molar-refractivity contribution is 6.36. The fourth-order valence-electron chi connectivity index (χ4n) is 3.36. The second-order valence-corrected chi connectivity index (χ2v) is 7.61. The average Bonchev–Trinajstić information content (AvgIpc) is 3.16. The first kappa shape index (κ1) is 22.0. The van der Waals surface area contributed by atoms with Crippen LogP contribution in [-0.2, 0) is 18.3 Å². The van der Waals surface area contributed by atoms with Crippen LogP contribution in [0.3, 0.4) is 0 Å². The summed E-state index contributed by atoms with van der Waals surface area (Å²) in [7, 11) is 4.99. The van der Waals surface area contributed by atoms with Crippen molar-refractivity contribution in [3.05, 3.63) is 70.0 Å². The molecule has 0 saturated heterocycles. The molecule has 0 radical (unpaired) electrons. The molecule has 3 aromatic rings. The van der Waals surface area contributed by atoms with Gasteiger partial charge in [-0.1, -0.05) is 29.3 Å². The average molecular weight is 448 g/mol. The number of amides is 1. The van der Waals surface area contributed by atoms with E-state index in [0.29, 0.717) is 32.8 Å². The summed E-state index contributed by atoms with van der Waals surface area (Å²) in [6.07, 6.45) is 3.48. The van der Waals surface area contributed by atoms with E-state index in [1.54, 1.807) is 61.4 Å². The maximum absolute atomic E-state index is 13.5. The molecule has 0 N–H and O–H groups in total. The van der Waals surface area contributed by atoms with Crippen LogP contribution in [-0.4, -0.2) is 29.9 Å². The Balaban J connectivity index is 2.04. The maximum Gasteiger partial charge on any atom is 0.232 e. The zero-order valence-electron chi connectivity index (χ0n) is 17.2. The van der Waals surface area contributed by atoms with Gasteiger partial charge in [-0.3, -0.25) is 9.48 Å². The number of hydrogen-bond donors (Lipinski definition) is 0. The number of methoxy groups -OCH3 is 2. The molecule has 3 rings (SSSR count). The van der Waals surface area contributed by atoms with Crippen LogP contribution in [0.2, 0.25) is 10.0 Å². The smallest absolute Gasteiger partial charge is 0.232 e. The Morgan fingerprint density at radius 1 is 1.17 bits per heavy atom. The summed E-state index contributed by atoms with van der Waals surface area (Å²) in [5.41, 5.74) is 2.05. The van der Waals surface area contributed by atoms with Gasteiger partial charge in [-0.05, 0) is 42.8 Å². The Labute approximate surface area is 185 Å². The molecule has 0 saturated carbocycles. The Hall–Kier alpha value is -2.70. The van der Waals surface area contributed by atoms with Crippen molar-refractivity contribution in [1.29, 1.82) is 0 Å². The monoisotopic (exact) mass is 447 g/mol. The normalized spacial score (nSPS) is 11.8. The van der Waals surface area contributed by atoms with E-state index in [4.69, 9.17) is 32.7 Å². The van der Waals surface area contributed by atoms with E-state index >= 15 is 0 Å². The summed E-state index contributed by atoms with van der Waals surface area (Å²) in [6, 6.07) is 10.3. The predicted molar refractivity (Wildman–Crippen MR) is 119 cm³/mol. The highest BCUT2D eigenvalue weighted by Gasteiger charge is 2.28. The van der Waals surface area contributed by atoms with Crippen molar-refractivity contribution < 1.29 is 14.3 Å². The second-order valence-electron chi connectivity index (χ2n) is 6.80. The van der Waals surface area contributed by atoms with Gasteiger partial charge in [0.1, 0.15) is 11.5 Å². The number of aryl methyl sites for hydroxylation is 1. The van der Waals surface area contributed by atoms with E-state index in [-0.39, 0.29) is 18.4 Å². The lowest BCUT2D eigenvalue weighted by atomic mass is 10.0. The van der Waals surface area contributed by atoms with Crippen LogP contribution in [0.15, 0.2) is 48.8 Å². The minimum Gasteiger partial charge on any atom is -0.497 e. The first-order chi connectivity index (χ1) is 14.3. The van der Waals surface area contributed by atoms with Crippen LogP contribution in [0, 0.1) is 0 Å². The zero-order chi connectivity index (χ0) is 21.8. The van der Waals surface area contributed by atoms with E-state index < -0.39 is 0 Å². The number of rotatable bonds is 7. The van der Waals surface area contributed by atoms with Crippen molar-refractivity contribution >= 4 is 34.8 Å². The molecule has 0 unspecified atom stereocenters. The number of aromatic nitrogens is 2. The van der Waals surface area contributed by atoms with Gasteiger partial charge < -0.3 is 14.4 Å². The largest absolute Gasteiger partial charge is 0.497 e. The van der Waals surface area contributed by atoms with Crippen LogP contribution >= 0.6 is 23.2 Å². The van der Waals surface area contributed by atoms with Crippen molar-refractivity contribution in [2.45, 2.75) is 19.4 Å². The molecule has 1 atom stereocenters. The van der Waals surface area contributed by atoms with Gasteiger partial charge in [0, 0.05) is 28.9 Å². The van der Waals surface area contributed by atoms with Crippen molar-refractivity contribution in [2.24, 2.45) is 7.05 Å². The van der Waals surface area contributed by atoms with Crippen molar-refractivity contribution in [1.82, 2.24) is 9.78 Å². The van der Waals surface area contributed by atoms with E-state index in [0.717, 1.165) is 5.56 Å². The van der Waals surface area contributed by atoms with Crippen molar-refractivity contribution in [3.63, 3.8) is 0 Å². The first-order valence-corrected chi connectivity index (χ1v) is 10.1. The van der Waals surface area contributed by atoms with Gasteiger partial charge in [0.05, 0.1) is 38.6 Å². The lowest BCUT2D eigenvalue weighted by molar-refractivity contribution is -0.118. The van der Waals surface area contributed by atoms with E-state index in [1.807, 2.05) is 25.1 Å². The molecule has 1 amide bonds. The van der Waals surface area contributed by atoms with Crippen LogP contribution in [0.25, 0.3) is 0 Å². The number of nitrogens with zero attached hydrogens (tertiary/aromatic N) is 3. The molecule has 30 heavy (non-hydrogen) atoms. The molecule has 0 aliphatic carbocycles. The van der Waals surface area contributed by atoms with Gasteiger partial charge >= 0.3 is 0 Å². The lowest BCUT2D eigenvalue weighted by Crippen LogP contribution is -2.35. The van der Waals surface area contributed by atoms with Crippen molar-refractivity contribution in [2.75, 3.05) is 19.1 Å². The Kier molecular flexibility index (Phi) is 6.90. The summed E-state index contributed by atoms with van der Waals surface area (Å²) < 4.78 is 12.6. The minimum absolute atomic E-state index is 0.0457. The van der Waals surface area contributed by atoms with Crippen LogP contribution in [0.1, 0.15) is 24.1 Å². The van der Waals surface area contributed by atoms with Gasteiger partial charge in [-0.25, -0.2) is 0 Å². The summed E-state index contributed by atoms with van der Waals surface area (Å²) in [6.45, 7) is 1.93. The Bertz CT molecular complexity index is 1030. The molecule has 1 heterocycles. The molecule has 0 fully saturated rings. The number of hydrogen-bond acceptors (Lipinski definition) is 4. The molecule has 0 aliphatic rings. The topological polar surface area (TPSA) is 56.6 Å². The number of benzene rings is 2. The summed E-state index contributed by atoms with van der Waals surface area (Å²) in [5.74, 6) is 1.15. The molecular weight excluding hydrogens is 425 g/mol. The molecular formula is C22H23Cl2N3O3. The highest BCUT2D eigenvalue weighted by atomic mass is 35.5. The molecule has 6 nitrogen and oxygen atoms in total. The Morgan fingerprint density at radius 2 is 1.87 bits per heavy atom. The number of halogens is 2. The van der Waals surface area contributed by atoms with Gasteiger partial charge in [-0.2, -0.15) is 5.10 Å². The minimum atomic E-state index is -0.368. The summed E-state index contributed by atoms with van der Waals surface area (Å²) in [4.78, 5) is 15.2. The van der Waals surface area contributed by atoms with Gasteiger partial charge in [0.15, 0.2) is 0 Å². The first-order valence-electron chi connectivity index (χ1n) is 9.31. The third-order valence-electron chi connectivity index (χ3n) is 4.90. The molecule has 0 bridgehead atoms. The molecule has 8 heteroatoms. The van der Waals surface area contributed by atoms with E-state index in [2.05, 4.69) is 5.10 Å². The summed E-state index contributed by atoms with van der Waals surface area (Å²) >= 11 is 12.6. The molecule has 1 aromatic heterocycles. The molecule has 2 aromatic carbocycles. The zero-order valence-corrected chi connectivity index (χ0v) is 18.7. The molecule has 0 aliphatic heterocycles. The number of carbonyl (C=O) groups excluding carboxylic acids is 1. The van der Waals surface area contributed by atoms with Crippen molar-refractivity contribution in [3.8, 4) is 11.5 Å². The summed E-state index contributed by atoms with van der Waals surface area (Å²) in [5, 5.41) is 5.13. The van der Waals surface area contributed by atoms with Crippen LogP contribution in [0.5, 0.6) is 11.5 Å².